The maximum atomic E-state index is 11.9. The largest absolute Gasteiger partial charge is 0.496 e. The fourth-order valence-electron chi connectivity index (χ4n) is 1.59. The molecule has 1 amide bonds. The van der Waals surface area contributed by atoms with Crippen molar-refractivity contribution in [2.45, 2.75) is 6.42 Å². The van der Waals surface area contributed by atoms with E-state index >= 15 is 0 Å². The zero-order valence-electron chi connectivity index (χ0n) is 10.1. The number of para-hydroxylation sites is 1. The van der Waals surface area contributed by atoms with Gasteiger partial charge >= 0.3 is 0 Å². The van der Waals surface area contributed by atoms with E-state index in [0.717, 1.165) is 11.4 Å². The van der Waals surface area contributed by atoms with E-state index in [4.69, 9.17) is 4.74 Å². The fraction of sp³-hybridized carbons (Fsp3) is 0.231. The van der Waals surface area contributed by atoms with Crippen molar-refractivity contribution in [1.82, 2.24) is 10.3 Å². The second-order valence-corrected chi connectivity index (χ2v) is 4.61. The lowest BCUT2D eigenvalue weighted by molar-refractivity contribution is 0.0951. The van der Waals surface area contributed by atoms with Gasteiger partial charge in [0, 0.05) is 24.5 Å². The summed E-state index contributed by atoms with van der Waals surface area (Å²) in [4.78, 5) is 16.1. The van der Waals surface area contributed by atoms with Crippen molar-refractivity contribution in [3.8, 4) is 5.75 Å². The number of nitrogens with zero attached hydrogens (tertiary/aromatic N) is 1. The number of benzene rings is 1. The van der Waals surface area contributed by atoms with E-state index in [9.17, 15) is 4.79 Å². The quantitative estimate of drug-likeness (QED) is 0.898. The van der Waals surface area contributed by atoms with Crippen LogP contribution in [0.5, 0.6) is 5.75 Å². The van der Waals surface area contributed by atoms with Crippen LogP contribution in [0.1, 0.15) is 15.4 Å². The maximum absolute atomic E-state index is 11.9. The first kappa shape index (κ1) is 12.6. The predicted octanol–water partition coefficient (Wildman–Crippen LogP) is 2.12. The summed E-state index contributed by atoms with van der Waals surface area (Å²) in [5.41, 5.74) is 0.555. The lowest BCUT2D eigenvalue weighted by Crippen LogP contribution is -2.26. The number of amides is 1. The number of aromatic nitrogens is 1. The highest BCUT2D eigenvalue weighted by Gasteiger charge is 2.10. The van der Waals surface area contributed by atoms with Crippen molar-refractivity contribution in [1.29, 1.82) is 0 Å². The number of thiazole rings is 1. The summed E-state index contributed by atoms with van der Waals surface area (Å²) in [6.45, 7) is 0.574. The van der Waals surface area contributed by atoms with Crippen LogP contribution in [0.15, 0.2) is 35.8 Å². The first-order chi connectivity index (χ1) is 8.81. The molecule has 5 heteroatoms. The molecule has 1 heterocycles. The number of rotatable bonds is 5. The Morgan fingerprint density at radius 1 is 1.44 bits per heavy atom. The molecule has 1 N–H and O–H groups in total. The Kier molecular flexibility index (Phi) is 4.30. The minimum absolute atomic E-state index is 0.121. The molecule has 0 radical (unpaired) electrons. The maximum Gasteiger partial charge on any atom is 0.255 e. The molecule has 0 saturated heterocycles. The van der Waals surface area contributed by atoms with Crippen LogP contribution in [0.25, 0.3) is 0 Å². The Hall–Kier alpha value is -1.88. The van der Waals surface area contributed by atoms with E-state index in [2.05, 4.69) is 10.3 Å². The average molecular weight is 262 g/mol. The molecule has 0 aliphatic rings. The molecule has 0 unspecified atom stereocenters. The molecule has 1 aromatic carbocycles. The molecule has 4 nitrogen and oxygen atoms in total. The Balaban J connectivity index is 1.91. The average Bonchev–Trinajstić information content (AvgIpc) is 2.91. The molecule has 2 aromatic rings. The minimum atomic E-state index is -0.121. The van der Waals surface area contributed by atoms with Gasteiger partial charge in [0.15, 0.2) is 0 Å². The fourth-order valence-corrected chi connectivity index (χ4v) is 2.21. The summed E-state index contributed by atoms with van der Waals surface area (Å²) in [5, 5.41) is 5.81. The van der Waals surface area contributed by atoms with Gasteiger partial charge < -0.3 is 10.1 Å². The van der Waals surface area contributed by atoms with Crippen molar-refractivity contribution in [2.75, 3.05) is 13.7 Å². The molecule has 0 fully saturated rings. The highest BCUT2D eigenvalue weighted by molar-refractivity contribution is 7.09. The molecule has 94 valence electrons. The molecule has 0 spiro atoms. The zero-order chi connectivity index (χ0) is 12.8. The van der Waals surface area contributed by atoms with Crippen LogP contribution in [0.4, 0.5) is 0 Å². The number of carbonyl (C=O) groups excluding carboxylic acids is 1. The number of ether oxygens (including phenoxy) is 1. The molecule has 0 aliphatic heterocycles. The SMILES string of the molecule is COc1ccccc1C(=O)NCCc1nccs1. The van der Waals surface area contributed by atoms with E-state index in [-0.39, 0.29) is 5.91 Å². The van der Waals surface area contributed by atoms with Crippen LogP contribution < -0.4 is 10.1 Å². The summed E-state index contributed by atoms with van der Waals surface area (Å²) in [6.07, 6.45) is 2.51. The number of carbonyl (C=O) groups is 1. The third-order valence-corrected chi connectivity index (χ3v) is 3.30. The van der Waals surface area contributed by atoms with Crippen molar-refractivity contribution in [2.24, 2.45) is 0 Å². The molecular weight excluding hydrogens is 248 g/mol. The van der Waals surface area contributed by atoms with Crippen molar-refractivity contribution >= 4 is 17.2 Å². The number of methoxy groups -OCH3 is 1. The molecule has 0 aliphatic carbocycles. The molecular formula is C13H14N2O2S. The van der Waals surface area contributed by atoms with Crippen molar-refractivity contribution in [3.05, 3.63) is 46.4 Å². The minimum Gasteiger partial charge on any atom is -0.496 e. The lowest BCUT2D eigenvalue weighted by atomic mass is 10.2. The number of nitrogens with one attached hydrogen (secondary N) is 1. The summed E-state index contributed by atoms with van der Waals surface area (Å²) in [7, 11) is 1.56. The summed E-state index contributed by atoms with van der Waals surface area (Å²) in [6, 6.07) is 7.18. The van der Waals surface area contributed by atoms with Crippen LogP contribution in [0, 0.1) is 0 Å². The Labute approximate surface area is 110 Å². The van der Waals surface area contributed by atoms with E-state index in [0.29, 0.717) is 17.9 Å². The van der Waals surface area contributed by atoms with E-state index in [1.807, 2.05) is 17.5 Å². The van der Waals surface area contributed by atoms with E-state index in [1.165, 1.54) is 0 Å². The predicted molar refractivity (Wildman–Crippen MR) is 71.1 cm³/mol. The van der Waals surface area contributed by atoms with Crippen molar-refractivity contribution < 1.29 is 9.53 Å². The Morgan fingerprint density at radius 3 is 3.00 bits per heavy atom. The second-order valence-electron chi connectivity index (χ2n) is 3.63. The van der Waals surface area contributed by atoms with Gasteiger partial charge in [-0.15, -0.1) is 11.3 Å². The molecule has 0 atom stereocenters. The van der Waals surface area contributed by atoms with Crippen molar-refractivity contribution in [3.63, 3.8) is 0 Å². The molecule has 1 aromatic heterocycles. The zero-order valence-corrected chi connectivity index (χ0v) is 10.9. The highest BCUT2D eigenvalue weighted by Crippen LogP contribution is 2.16. The summed E-state index contributed by atoms with van der Waals surface area (Å²) < 4.78 is 5.15. The number of hydrogen-bond acceptors (Lipinski definition) is 4. The first-order valence-electron chi connectivity index (χ1n) is 5.61. The van der Waals surface area contributed by atoms with Crippen LogP contribution >= 0.6 is 11.3 Å². The molecule has 2 rings (SSSR count). The van der Waals surface area contributed by atoms with Gasteiger partial charge in [-0.2, -0.15) is 0 Å². The molecule has 0 bridgehead atoms. The summed E-state index contributed by atoms with van der Waals surface area (Å²) >= 11 is 1.59. The van der Waals surface area contributed by atoms with Gasteiger partial charge in [-0.1, -0.05) is 12.1 Å². The highest BCUT2D eigenvalue weighted by atomic mass is 32.1. The van der Waals surface area contributed by atoms with Gasteiger partial charge in [0.25, 0.3) is 5.91 Å². The first-order valence-corrected chi connectivity index (χ1v) is 6.49. The topological polar surface area (TPSA) is 51.2 Å². The van der Waals surface area contributed by atoms with Gasteiger partial charge in [-0.3, -0.25) is 4.79 Å². The molecule has 18 heavy (non-hydrogen) atoms. The smallest absolute Gasteiger partial charge is 0.255 e. The monoisotopic (exact) mass is 262 g/mol. The van der Waals surface area contributed by atoms with Crippen LogP contribution in [-0.4, -0.2) is 24.5 Å². The lowest BCUT2D eigenvalue weighted by Gasteiger charge is -2.08. The molecule has 0 saturated carbocycles. The van der Waals surface area contributed by atoms with Gasteiger partial charge in [0.1, 0.15) is 5.75 Å². The van der Waals surface area contributed by atoms with Gasteiger partial charge in [0.05, 0.1) is 17.7 Å². The van der Waals surface area contributed by atoms with Crippen LogP contribution in [0.3, 0.4) is 0 Å². The second kappa shape index (κ2) is 6.16. The van der Waals surface area contributed by atoms with Gasteiger partial charge in [-0.05, 0) is 12.1 Å². The third kappa shape index (κ3) is 3.07. The standard InChI is InChI=1S/C13H14N2O2S/c1-17-11-5-3-2-4-10(11)13(16)15-7-6-12-14-8-9-18-12/h2-5,8-9H,6-7H2,1H3,(H,15,16). The van der Waals surface area contributed by atoms with Gasteiger partial charge in [-0.25, -0.2) is 4.98 Å². The third-order valence-electron chi connectivity index (χ3n) is 2.46. The Bertz CT molecular complexity index is 511. The number of hydrogen-bond donors (Lipinski definition) is 1. The summed E-state index contributed by atoms with van der Waals surface area (Å²) in [5.74, 6) is 0.466. The normalized spacial score (nSPS) is 10.1. The van der Waals surface area contributed by atoms with Crippen LogP contribution in [0.2, 0.25) is 0 Å². The van der Waals surface area contributed by atoms with Gasteiger partial charge in [0.2, 0.25) is 0 Å². The van der Waals surface area contributed by atoms with Crippen LogP contribution in [-0.2, 0) is 6.42 Å². The Morgan fingerprint density at radius 2 is 2.28 bits per heavy atom. The van der Waals surface area contributed by atoms with E-state index < -0.39 is 0 Å². The van der Waals surface area contributed by atoms with E-state index in [1.54, 1.807) is 36.8 Å².